The van der Waals surface area contributed by atoms with Gasteiger partial charge in [0.25, 0.3) is 8.32 Å². The third-order valence-electron chi connectivity index (χ3n) is 8.28. The van der Waals surface area contributed by atoms with Gasteiger partial charge in [0.2, 0.25) is 0 Å². The van der Waals surface area contributed by atoms with Crippen molar-refractivity contribution in [3.05, 3.63) is 70.8 Å². The number of fused-ring (bicyclic) bond motifs is 1. The summed E-state index contributed by atoms with van der Waals surface area (Å²) in [4.78, 5) is 15.2. The van der Waals surface area contributed by atoms with Crippen molar-refractivity contribution in [2.24, 2.45) is 5.92 Å². The Balaban J connectivity index is 1.98. The minimum atomic E-state index is -2.10. The van der Waals surface area contributed by atoms with Gasteiger partial charge >= 0.3 is 6.09 Å². The third-order valence-corrected chi connectivity index (χ3v) is 12.6. The Bertz CT molecular complexity index is 1170. The van der Waals surface area contributed by atoms with Crippen molar-refractivity contribution in [3.63, 3.8) is 0 Å². The second-order valence-electron chi connectivity index (χ2n) is 12.8. The topological polar surface area (TPSA) is 68.2 Å². The summed E-state index contributed by atoms with van der Waals surface area (Å²) in [5.74, 6) is 1.82. The number of ether oxygens (including phenoxy) is 2. The van der Waals surface area contributed by atoms with E-state index in [1.165, 1.54) is 0 Å². The first-order chi connectivity index (χ1) is 18.8. The predicted octanol–water partition coefficient (Wildman–Crippen LogP) is 8.06. The molecule has 1 amide bonds. The number of allylic oxidation sites excluding steroid dienone is 1. The van der Waals surface area contributed by atoms with E-state index in [-0.39, 0.29) is 23.8 Å². The summed E-state index contributed by atoms with van der Waals surface area (Å²) in [6.45, 7) is 18.1. The number of amides is 1. The summed E-state index contributed by atoms with van der Waals surface area (Å²) in [7, 11) is -0.452. The number of aliphatic hydroxyl groups is 1. The summed E-state index contributed by atoms with van der Waals surface area (Å²) < 4.78 is 18.3. The van der Waals surface area contributed by atoms with Gasteiger partial charge in [0.05, 0.1) is 19.3 Å². The van der Waals surface area contributed by atoms with E-state index >= 15 is 0 Å². The molecule has 7 heteroatoms. The van der Waals surface area contributed by atoms with Crippen LogP contribution in [0.3, 0.4) is 0 Å². The fourth-order valence-corrected chi connectivity index (χ4v) is 5.95. The van der Waals surface area contributed by atoms with Crippen LogP contribution in [0.1, 0.15) is 77.1 Å². The molecule has 0 fully saturated rings. The van der Waals surface area contributed by atoms with Crippen LogP contribution in [0.4, 0.5) is 4.79 Å². The van der Waals surface area contributed by atoms with E-state index in [1.807, 2.05) is 49.4 Å². The van der Waals surface area contributed by atoms with Crippen LogP contribution in [-0.4, -0.2) is 44.2 Å². The molecule has 2 atom stereocenters. The Hall–Kier alpha value is -2.77. The monoisotopic (exact) mass is 567 g/mol. The van der Waals surface area contributed by atoms with Gasteiger partial charge in [-0.25, -0.2) is 4.79 Å². The maximum absolute atomic E-state index is 13.5. The maximum Gasteiger partial charge on any atom is 0.410 e. The summed E-state index contributed by atoms with van der Waals surface area (Å²) in [5.41, 5.74) is 4.02. The van der Waals surface area contributed by atoms with Crippen LogP contribution < -0.4 is 9.16 Å². The minimum absolute atomic E-state index is 0.0408. The fourth-order valence-electron chi connectivity index (χ4n) is 4.93. The van der Waals surface area contributed by atoms with E-state index in [0.29, 0.717) is 31.1 Å². The summed E-state index contributed by atoms with van der Waals surface area (Å²) in [6, 6.07) is 13.4. The second-order valence-corrected chi connectivity index (χ2v) is 17.5. The van der Waals surface area contributed by atoms with Gasteiger partial charge in [-0.05, 0) is 78.2 Å². The average Bonchev–Trinajstić information content (AvgIpc) is 2.89. The first-order valence-corrected chi connectivity index (χ1v) is 17.4. The van der Waals surface area contributed by atoms with Gasteiger partial charge in [-0.1, -0.05) is 71.0 Å². The molecule has 2 aromatic carbocycles. The lowest BCUT2D eigenvalue weighted by Gasteiger charge is -2.40. The third kappa shape index (κ3) is 7.70. The van der Waals surface area contributed by atoms with E-state index in [2.05, 4.69) is 53.8 Å². The summed E-state index contributed by atoms with van der Waals surface area (Å²) in [6.07, 6.45) is 2.80. The minimum Gasteiger partial charge on any atom is -0.541 e. The van der Waals surface area contributed by atoms with Crippen molar-refractivity contribution in [1.82, 2.24) is 4.90 Å². The number of carbonyl (C=O) groups excluding carboxylic acids is 1. The van der Waals surface area contributed by atoms with Crippen LogP contribution >= 0.6 is 0 Å². The number of benzene rings is 2. The molecule has 0 saturated heterocycles. The molecule has 3 rings (SSSR count). The lowest BCUT2D eigenvalue weighted by molar-refractivity contribution is 0.0627. The number of nitrogens with zero attached hydrogens (tertiary/aromatic N) is 1. The zero-order valence-corrected chi connectivity index (χ0v) is 26.9. The summed E-state index contributed by atoms with van der Waals surface area (Å²) >= 11 is 0. The molecular formula is C33H49NO5Si. The first kappa shape index (κ1) is 31.8. The van der Waals surface area contributed by atoms with Gasteiger partial charge in [0.15, 0.2) is 5.75 Å². The number of rotatable bonds is 10. The van der Waals surface area contributed by atoms with E-state index in [4.69, 9.17) is 13.9 Å². The standard InChI is InChI=1S/C33H49NO5Si/c1-10-25(18-23(2)3)29(35)21-28-27-20-30(37-7)31(39-40(8,9)33(4,5)6)19-26(27)16-17-34(28)32(36)38-22-24-14-12-11-13-15-24/h10-15,19-20,23,28-29,35H,16-18,21-22H2,1-9H3/b25-10+. The van der Waals surface area contributed by atoms with E-state index < -0.39 is 14.4 Å². The van der Waals surface area contributed by atoms with E-state index in [1.54, 1.807) is 12.0 Å². The normalized spacial score (nSPS) is 16.9. The van der Waals surface area contributed by atoms with Crippen LogP contribution in [0.25, 0.3) is 0 Å². The molecule has 2 unspecified atom stereocenters. The van der Waals surface area contributed by atoms with Crippen LogP contribution in [-0.2, 0) is 17.8 Å². The van der Waals surface area contributed by atoms with Gasteiger partial charge < -0.3 is 23.9 Å². The molecule has 0 spiro atoms. The maximum atomic E-state index is 13.5. The molecule has 1 aliphatic rings. The van der Waals surface area contributed by atoms with E-state index in [9.17, 15) is 9.90 Å². The number of methoxy groups -OCH3 is 1. The molecule has 0 bridgehead atoms. The molecule has 220 valence electrons. The lowest BCUT2D eigenvalue weighted by atomic mass is 9.86. The van der Waals surface area contributed by atoms with Crippen LogP contribution in [0.2, 0.25) is 18.1 Å². The highest BCUT2D eigenvalue weighted by molar-refractivity contribution is 6.74. The van der Waals surface area contributed by atoms with Crippen molar-refractivity contribution >= 4 is 14.4 Å². The van der Waals surface area contributed by atoms with Crippen LogP contribution in [0.5, 0.6) is 11.5 Å². The van der Waals surface area contributed by atoms with Crippen molar-refractivity contribution < 1.29 is 23.8 Å². The van der Waals surface area contributed by atoms with E-state index in [0.717, 1.165) is 34.4 Å². The fraction of sp³-hybridized carbons (Fsp3) is 0.545. The Labute approximate surface area is 242 Å². The largest absolute Gasteiger partial charge is 0.541 e. The molecule has 0 radical (unpaired) electrons. The van der Waals surface area contributed by atoms with Crippen molar-refractivity contribution in [2.45, 2.75) is 97.7 Å². The van der Waals surface area contributed by atoms with Gasteiger partial charge in [0.1, 0.15) is 12.4 Å². The predicted molar refractivity (Wildman–Crippen MR) is 164 cm³/mol. The highest BCUT2D eigenvalue weighted by Gasteiger charge is 2.41. The Kier molecular flexibility index (Phi) is 10.5. The highest BCUT2D eigenvalue weighted by atomic mass is 28.4. The van der Waals surface area contributed by atoms with Crippen molar-refractivity contribution in [2.75, 3.05) is 13.7 Å². The number of hydrogen-bond donors (Lipinski definition) is 1. The number of carbonyl (C=O) groups is 1. The number of hydrogen-bond acceptors (Lipinski definition) is 5. The van der Waals surface area contributed by atoms with Gasteiger partial charge in [-0.2, -0.15) is 0 Å². The van der Waals surface area contributed by atoms with Gasteiger partial charge in [0, 0.05) is 13.0 Å². The van der Waals surface area contributed by atoms with Crippen LogP contribution in [0.15, 0.2) is 54.1 Å². The Morgan fingerprint density at radius 1 is 1.15 bits per heavy atom. The van der Waals surface area contributed by atoms with Gasteiger partial charge in [-0.15, -0.1) is 0 Å². The van der Waals surface area contributed by atoms with Crippen molar-refractivity contribution in [1.29, 1.82) is 0 Å². The SMILES string of the molecule is C/C=C(\CC(C)C)C(O)CC1c2cc(OC)c(O[Si](C)(C)C(C)(C)C)cc2CCN1C(=O)OCc1ccccc1. The molecule has 0 aliphatic carbocycles. The Morgan fingerprint density at radius 3 is 2.40 bits per heavy atom. The molecule has 0 saturated carbocycles. The van der Waals surface area contributed by atoms with Gasteiger partial charge in [-0.3, -0.25) is 0 Å². The summed E-state index contributed by atoms with van der Waals surface area (Å²) in [5, 5.41) is 11.4. The van der Waals surface area contributed by atoms with Crippen molar-refractivity contribution in [3.8, 4) is 11.5 Å². The number of aliphatic hydroxyl groups excluding tert-OH is 1. The lowest BCUT2D eigenvalue weighted by Crippen LogP contribution is -2.44. The molecule has 1 heterocycles. The second kappa shape index (κ2) is 13.3. The molecule has 6 nitrogen and oxygen atoms in total. The smallest absolute Gasteiger partial charge is 0.410 e. The molecular weight excluding hydrogens is 518 g/mol. The molecule has 1 aliphatic heterocycles. The molecule has 1 N–H and O–H groups in total. The zero-order valence-electron chi connectivity index (χ0n) is 25.9. The highest BCUT2D eigenvalue weighted by Crippen LogP contribution is 2.44. The Morgan fingerprint density at radius 2 is 1.82 bits per heavy atom. The average molecular weight is 568 g/mol. The molecule has 0 aromatic heterocycles. The van der Waals surface area contributed by atoms with Crippen LogP contribution in [0, 0.1) is 5.92 Å². The molecule has 40 heavy (non-hydrogen) atoms. The zero-order chi connectivity index (χ0) is 29.7. The molecule has 2 aromatic rings. The first-order valence-electron chi connectivity index (χ1n) is 14.5. The quantitative estimate of drug-likeness (QED) is 0.232.